The standard InChI is InChI=1S/C13H14BrN3/c1-9-5-13(17-8-12(9)14)16-7-11-4-3-10(2)15-6-11/h3-6,8H,7H2,1-2H3,(H,16,17). The summed E-state index contributed by atoms with van der Waals surface area (Å²) in [5.74, 6) is 0.881. The van der Waals surface area contributed by atoms with E-state index in [1.54, 1.807) is 0 Å². The molecule has 2 aromatic rings. The molecule has 0 atom stereocenters. The first kappa shape index (κ1) is 12.0. The second-order valence-corrected chi connectivity index (χ2v) is 4.83. The van der Waals surface area contributed by atoms with E-state index in [0.29, 0.717) is 0 Å². The van der Waals surface area contributed by atoms with E-state index in [4.69, 9.17) is 0 Å². The number of hydrogen-bond acceptors (Lipinski definition) is 3. The van der Waals surface area contributed by atoms with Crippen LogP contribution in [-0.4, -0.2) is 9.97 Å². The lowest BCUT2D eigenvalue weighted by atomic mass is 10.2. The Morgan fingerprint density at radius 1 is 1.18 bits per heavy atom. The summed E-state index contributed by atoms with van der Waals surface area (Å²) in [6.07, 6.45) is 3.69. The predicted molar refractivity (Wildman–Crippen MR) is 73.0 cm³/mol. The molecular formula is C13H14BrN3. The predicted octanol–water partition coefficient (Wildman–Crippen LogP) is 3.47. The van der Waals surface area contributed by atoms with E-state index >= 15 is 0 Å². The number of hydrogen-bond donors (Lipinski definition) is 1. The zero-order valence-electron chi connectivity index (χ0n) is 9.87. The maximum absolute atomic E-state index is 4.29. The van der Waals surface area contributed by atoms with Crippen molar-refractivity contribution in [3.8, 4) is 0 Å². The summed E-state index contributed by atoms with van der Waals surface area (Å²) in [5, 5.41) is 3.28. The van der Waals surface area contributed by atoms with Crippen molar-refractivity contribution in [2.24, 2.45) is 0 Å². The molecule has 0 unspecified atom stereocenters. The smallest absolute Gasteiger partial charge is 0.126 e. The minimum atomic E-state index is 0.737. The van der Waals surface area contributed by atoms with Crippen molar-refractivity contribution in [3.05, 3.63) is 51.9 Å². The lowest BCUT2D eigenvalue weighted by molar-refractivity contribution is 1.06. The van der Waals surface area contributed by atoms with E-state index in [1.165, 1.54) is 5.56 Å². The second-order valence-electron chi connectivity index (χ2n) is 3.98. The van der Waals surface area contributed by atoms with Gasteiger partial charge in [0.2, 0.25) is 0 Å². The van der Waals surface area contributed by atoms with Crippen molar-refractivity contribution in [1.29, 1.82) is 0 Å². The molecule has 0 aliphatic heterocycles. The molecule has 0 spiro atoms. The Morgan fingerprint density at radius 3 is 2.65 bits per heavy atom. The average molecular weight is 292 g/mol. The summed E-state index contributed by atoms with van der Waals surface area (Å²) in [6, 6.07) is 6.10. The zero-order valence-corrected chi connectivity index (χ0v) is 11.5. The molecule has 0 bridgehead atoms. The molecule has 0 radical (unpaired) electrons. The van der Waals surface area contributed by atoms with Crippen molar-refractivity contribution < 1.29 is 0 Å². The summed E-state index contributed by atoms with van der Waals surface area (Å²) in [6.45, 7) is 4.77. The molecule has 88 valence electrons. The van der Waals surface area contributed by atoms with Gasteiger partial charge >= 0.3 is 0 Å². The van der Waals surface area contributed by atoms with Gasteiger partial charge in [-0.1, -0.05) is 6.07 Å². The van der Waals surface area contributed by atoms with Crippen LogP contribution in [0.15, 0.2) is 35.1 Å². The van der Waals surface area contributed by atoms with Gasteiger partial charge in [-0.05, 0) is 53.0 Å². The van der Waals surface area contributed by atoms with Crippen LogP contribution in [0.25, 0.3) is 0 Å². The van der Waals surface area contributed by atoms with Gasteiger partial charge in [-0.3, -0.25) is 4.98 Å². The summed E-state index contributed by atoms with van der Waals surface area (Å²) in [4.78, 5) is 8.55. The van der Waals surface area contributed by atoms with Gasteiger partial charge in [-0.2, -0.15) is 0 Å². The van der Waals surface area contributed by atoms with Gasteiger partial charge < -0.3 is 5.32 Å². The monoisotopic (exact) mass is 291 g/mol. The number of rotatable bonds is 3. The van der Waals surface area contributed by atoms with Gasteiger partial charge in [-0.15, -0.1) is 0 Å². The Morgan fingerprint density at radius 2 is 2.00 bits per heavy atom. The maximum Gasteiger partial charge on any atom is 0.126 e. The molecule has 2 rings (SSSR count). The molecular weight excluding hydrogens is 278 g/mol. The number of anilines is 1. The molecule has 2 heterocycles. The highest BCUT2D eigenvalue weighted by Crippen LogP contribution is 2.17. The van der Waals surface area contributed by atoms with Crippen molar-refractivity contribution in [1.82, 2.24) is 9.97 Å². The number of nitrogens with zero attached hydrogens (tertiary/aromatic N) is 2. The second kappa shape index (κ2) is 5.27. The fourth-order valence-corrected chi connectivity index (χ4v) is 1.65. The molecule has 0 fully saturated rings. The third kappa shape index (κ3) is 3.27. The van der Waals surface area contributed by atoms with E-state index in [0.717, 1.165) is 28.1 Å². The Kier molecular flexibility index (Phi) is 3.74. The fourth-order valence-electron chi connectivity index (χ4n) is 1.43. The van der Waals surface area contributed by atoms with Gasteiger partial charge in [0.25, 0.3) is 0 Å². The molecule has 3 nitrogen and oxygen atoms in total. The minimum absolute atomic E-state index is 0.737. The molecule has 4 heteroatoms. The number of nitrogens with one attached hydrogen (secondary N) is 1. The summed E-state index contributed by atoms with van der Waals surface area (Å²) in [5.41, 5.74) is 3.36. The van der Waals surface area contributed by atoms with E-state index in [2.05, 4.69) is 37.3 Å². The van der Waals surface area contributed by atoms with Crippen molar-refractivity contribution in [2.45, 2.75) is 20.4 Å². The van der Waals surface area contributed by atoms with Gasteiger partial charge in [0.1, 0.15) is 5.82 Å². The Bertz CT molecular complexity index is 509. The highest BCUT2D eigenvalue weighted by atomic mass is 79.9. The number of aromatic nitrogens is 2. The Hall–Kier alpha value is -1.42. The highest BCUT2D eigenvalue weighted by molar-refractivity contribution is 9.10. The van der Waals surface area contributed by atoms with E-state index < -0.39 is 0 Å². The quantitative estimate of drug-likeness (QED) is 0.941. The molecule has 0 aliphatic carbocycles. The van der Waals surface area contributed by atoms with E-state index in [9.17, 15) is 0 Å². The SMILES string of the molecule is Cc1ccc(CNc2cc(C)c(Br)cn2)cn1. The first-order valence-corrected chi connectivity index (χ1v) is 6.22. The molecule has 0 saturated heterocycles. The molecule has 0 aromatic carbocycles. The average Bonchev–Trinajstić information content (AvgIpc) is 2.33. The Balaban J connectivity index is 2.02. The van der Waals surface area contributed by atoms with E-state index in [1.807, 2.05) is 38.4 Å². The number of aryl methyl sites for hydroxylation is 2. The summed E-state index contributed by atoms with van der Waals surface area (Å²) < 4.78 is 1.03. The normalized spacial score (nSPS) is 10.3. The van der Waals surface area contributed by atoms with Crippen LogP contribution in [0.3, 0.4) is 0 Å². The van der Waals surface area contributed by atoms with Crippen LogP contribution in [0.4, 0.5) is 5.82 Å². The van der Waals surface area contributed by atoms with Gasteiger partial charge in [-0.25, -0.2) is 4.98 Å². The summed E-state index contributed by atoms with van der Waals surface area (Å²) in [7, 11) is 0. The number of halogens is 1. The first-order valence-electron chi connectivity index (χ1n) is 5.43. The lowest BCUT2D eigenvalue weighted by Crippen LogP contribution is -2.02. The van der Waals surface area contributed by atoms with Crippen molar-refractivity contribution in [3.63, 3.8) is 0 Å². The Labute approximate surface area is 109 Å². The molecule has 0 aliphatic rings. The third-order valence-electron chi connectivity index (χ3n) is 2.49. The molecule has 0 amide bonds. The van der Waals surface area contributed by atoms with Crippen LogP contribution in [0, 0.1) is 13.8 Å². The topological polar surface area (TPSA) is 37.8 Å². The lowest BCUT2D eigenvalue weighted by Gasteiger charge is -2.07. The number of pyridine rings is 2. The first-order chi connectivity index (χ1) is 8.15. The third-order valence-corrected chi connectivity index (χ3v) is 3.32. The van der Waals surface area contributed by atoms with Crippen LogP contribution < -0.4 is 5.32 Å². The minimum Gasteiger partial charge on any atom is -0.366 e. The highest BCUT2D eigenvalue weighted by Gasteiger charge is 1.99. The van der Waals surface area contributed by atoms with Crippen molar-refractivity contribution in [2.75, 3.05) is 5.32 Å². The maximum atomic E-state index is 4.29. The van der Waals surface area contributed by atoms with Gasteiger partial charge in [0.05, 0.1) is 0 Å². The molecule has 1 N–H and O–H groups in total. The largest absolute Gasteiger partial charge is 0.366 e. The van der Waals surface area contributed by atoms with Gasteiger partial charge in [0.15, 0.2) is 0 Å². The summed E-state index contributed by atoms with van der Waals surface area (Å²) >= 11 is 3.43. The molecule has 17 heavy (non-hydrogen) atoms. The van der Waals surface area contributed by atoms with Crippen LogP contribution in [0.5, 0.6) is 0 Å². The molecule has 2 aromatic heterocycles. The zero-order chi connectivity index (χ0) is 12.3. The van der Waals surface area contributed by atoms with Crippen LogP contribution in [0.1, 0.15) is 16.8 Å². The fraction of sp³-hybridized carbons (Fsp3) is 0.231. The van der Waals surface area contributed by atoms with Crippen LogP contribution in [0.2, 0.25) is 0 Å². The van der Waals surface area contributed by atoms with Crippen LogP contribution >= 0.6 is 15.9 Å². The van der Waals surface area contributed by atoms with Crippen molar-refractivity contribution >= 4 is 21.7 Å². The van der Waals surface area contributed by atoms with Crippen LogP contribution in [-0.2, 0) is 6.54 Å². The van der Waals surface area contributed by atoms with E-state index in [-0.39, 0.29) is 0 Å². The van der Waals surface area contributed by atoms with Gasteiger partial charge in [0, 0.05) is 29.1 Å². The molecule has 0 saturated carbocycles.